The number of nitrogens with zero attached hydrogens (tertiary/aromatic N) is 2. The van der Waals surface area contributed by atoms with Gasteiger partial charge in [0.05, 0.1) is 0 Å². The van der Waals surface area contributed by atoms with Crippen molar-refractivity contribution in [1.29, 1.82) is 0 Å². The van der Waals surface area contributed by atoms with Crippen molar-refractivity contribution in [3.8, 4) is 0 Å². The smallest absolute Gasteiger partial charge is 0.321 e. The van der Waals surface area contributed by atoms with E-state index in [4.69, 9.17) is 0 Å². The van der Waals surface area contributed by atoms with Gasteiger partial charge in [-0.15, -0.1) is 11.8 Å². The Morgan fingerprint density at radius 2 is 1.90 bits per heavy atom. The Morgan fingerprint density at radius 3 is 2.59 bits per heavy atom. The van der Waals surface area contributed by atoms with E-state index in [2.05, 4.69) is 64.7 Å². The van der Waals surface area contributed by atoms with Crippen LogP contribution in [0.15, 0.2) is 59.5 Å². The molecule has 0 spiro atoms. The molecule has 5 heteroatoms. The molecule has 0 bridgehead atoms. The number of benzene rings is 2. The van der Waals surface area contributed by atoms with Gasteiger partial charge in [-0.1, -0.05) is 49.7 Å². The number of unbranched alkanes of at least 4 members (excludes halogenated alkanes) is 1. The first kappa shape index (κ1) is 21.7. The average Bonchev–Trinajstić information content (AvgIpc) is 2.76. The number of thioether (sulfide) groups is 1. The number of hydrogen-bond donors (Lipinski definition) is 1. The fourth-order valence-corrected chi connectivity index (χ4v) is 4.36. The molecule has 2 aromatic carbocycles. The molecule has 0 atom stereocenters. The lowest BCUT2D eigenvalue weighted by Crippen LogP contribution is -2.49. The van der Waals surface area contributed by atoms with Crippen molar-refractivity contribution < 1.29 is 4.79 Å². The number of hydrogen-bond acceptors (Lipinski definition) is 3. The van der Waals surface area contributed by atoms with Crippen molar-refractivity contribution in [2.24, 2.45) is 0 Å². The average molecular weight is 412 g/mol. The Morgan fingerprint density at radius 1 is 1.14 bits per heavy atom. The van der Waals surface area contributed by atoms with E-state index in [0.717, 1.165) is 62.4 Å². The zero-order valence-electron chi connectivity index (χ0n) is 17.6. The van der Waals surface area contributed by atoms with Crippen molar-refractivity contribution in [2.75, 3.05) is 31.2 Å². The van der Waals surface area contributed by atoms with E-state index in [1.54, 1.807) is 11.8 Å². The monoisotopic (exact) mass is 411 g/mol. The molecule has 1 saturated heterocycles. The predicted molar refractivity (Wildman–Crippen MR) is 124 cm³/mol. The number of likely N-dealkylation sites (tertiary alicyclic amines) is 1. The molecule has 2 amide bonds. The van der Waals surface area contributed by atoms with Crippen LogP contribution >= 0.6 is 11.8 Å². The second-order valence-electron chi connectivity index (χ2n) is 7.70. The number of anilines is 1. The molecular weight excluding hydrogens is 378 g/mol. The third kappa shape index (κ3) is 6.51. The summed E-state index contributed by atoms with van der Waals surface area (Å²) in [7, 11) is 0. The van der Waals surface area contributed by atoms with Gasteiger partial charge >= 0.3 is 6.03 Å². The zero-order chi connectivity index (χ0) is 20.5. The summed E-state index contributed by atoms with van der Waals surface area (Å²) in [6, 6.07) is 19.1. The standard InChI is InChI=1S/C24H33N3OS/c1-3-4-15-27(24(28)25-21-11-8-12-23(18-21)29-2)22-13-16-26(17-14-22)19-20-9-6-5-7-10-20/h5-12,18,22H,3-4,13-17,19H2,1-2H3,(H,25,28). The van der Waals surface area contributed by atoms with Crippen LogP contribution in [0.25, 0.3) is 0 Å². The van der Waals surface area contributed by atoms with Crippen LogP contribution < -0.4 is 5.32 Å². The van der Waals surface area contributed by atoms with Gasteiger partial charge in [0.2, 0.25) is 0 Å². The fourth-order valence-electron chi connectivity index (χ4n) is 3.91. The molecule has 156 valence electrons. The van der Waals surface area contributed by atoms with E-state index >= 15 is 0 Å². The molecule has 29 heavy (non-hydrogen) atoms. The fraction of sp³-hybridized carbons (Fsp3) is 0.458. The maximum atomic E-state index is 13.1. The second kappa shape index (κ2) is 11.3. The Bertz CT molecular complexity index is 760. The molecule has 1 fully saturated rings. The van der Waals surface area contributed by atoms with E-state index in [9.17, 15) is 4.79 Å². The molecule has 1 aliphatic rings. The number of urea groups is 1. The molecule has 1 aliphatic heterocycles. The summed E-state index contributed by atoms with van der Waals surface area (Å²) in [6.07, 6.45) is 6.27. The van der Waals surface area contributed by atoms with Crippen molar-refractivity contribution in [2.45, 2.75) is 50.1 Å². The highest BCUT2D eigenvalue weighted by molar-refractivity contribution is 7.98. The molecule has 0 saturated carbocycles. The minimum absolute atomic E-state index is 0.0400. The lowest BCUT2D eigenvalue weighted by Gasteiger charge is -2.38. The van der Waals surface area contributed by atoms with Gasteiger partial charge in [0, 0.05) is 42.8 Å². The quantitative estimate of drug-likeness (QED) is 0.565. The number of nitrogens with one attached hydrogen (secondary N) is 1. The van der Waals surface area contributed by atoms with Crippen molar-refractivity contribution in [3.05, 3.63) is 60.2 Å². The lowest BCUT2D eigenvalue weighted by atomic mass is 10.0. The first-order chi connectivity index (χ1) is 14.2. The molecule has 1 heterocycles. The summed E-state index contributed by atoms with van der Waals surface area (Å²) >= 11 is 1.69. The maximum absolute atomic E-state index is 13.1. The van der Waals surface area contributed by atoms with E-state index in [1.807, 2.05) is 18.2 Å². The van der Waals surface area contributed by atoms with Gasteiger partial charge in [-0.2, -0.15) is 0 Å². The van der Waals surface area contributed by atoms with Crippen molar-refractivity contribution in [1.82, 2.24) is 9.80 Å². The normalized spacial score (nSPS) is 15.2. The van der Waals surface area contributed by atoms with Crippen LogP contribution in [-0.4, -0.2) is 47.8 Å². The maximum Gasteiger partial charge on any atom is 0.322 e. The molecule has 0 aliphatic carbocycles. The van der Waals surface area contributed by atoms with Gasteiger partial charge in [0.15, 0.2) is 0 Å². The summed E-state index contributed by atoms with van der Waals surface area (Å²) in [6.45, 7) is 6.08. The van der Waals surface area contributed by atoms with Crippen LogP contribution in [0.5, 0.6) is 0 Å². The lowest BCUT2D eigenvalue weighted by molar-refractivity contribution is 0.122. The van der Waals surface area contributed by atoms with Crippen molar-refractivity contribution >= 4 is 23.5 Å². The number of amides is 2. The van der Waals surface area contributed by atoms with Crippen molar-refractivity contribution in [3.63, 3.8) is 0 Å². The van der Waals surface area contributed by atoms with Crippen LogP contribution in [0, 0.1) is 0 Å². The first-order valence-corrected chi connectivity index (χ1v) is 11.9. The molecule has 0 unspecified atom stereocenters. The molecule has 1 N–H and O–H groups in total. The Kier molecular flexibility index (Phi) is 8.44. The van der Waals surface area contributed by atoms with Crippen LogP contribution in [0.1, 0.15) is 38.2 Å². The highest BCUT2D eigenvalue weighted by Crippen LogP contribution is 2.22. The zero-order valence-corrected chi connectivity index (χ0v) is 18.5. The van der Waals surface area contributed by atoms with Crippen LogP contribution in [0.2, 0.25) is 0 Å². The molecule has 2 aromatic rings. The molecule has 3 rings (SSSR count). The second-order valence-corrected chi connectivity index (χ2v) is 8.58. The Labute approximate surface area is 179 Å². The van der Waals surface area contributed by atoms with E-state index in [-0.39, 0.29) is 6.03 Å². The molecule has 4 nitrogen and oxygen atoms in total. The number of rotatable bonds is 8. The van der Waals surface area contributed by atoms with Gasteiger partial charge in [-0.05, 0) is 49.3 Å². The summed E-state index contributed by atoms with van der Waals surface area (Å²) in [5, 5.41) is 3.13. The van der Waals surface area contributed by atoms with Gasteiger partial charge in [0.25, 0.3) is 0 Å². The van der Waals surface area contributed by atoms with Crippen LogP contribution in [-0.2, 0) is 6.54 Å². The molecular formula is C24H33N3OS. The van der Waals surface area contributed by atoms with Crippen LogP contribution in [0.4, 0.5) is 10.5 Å². The third-order valence-electron chi connectivity index (χ3n) is 5.58. The first-order valence-electron chi connectivity index (χ1n) is 10.7. The largest absolute Gasteiger partial charge is 0.322 e. The summed E-state index contributed by atoms with van der Waals surface area (Å²) in [5.41, 5.74) is 2.24. The predicted octanol–water partition coefficient (Wildman–Crippen LogP) is 5.71. The SMILES string of the molecule is CCCCN(C(=O)Nc1cccc(SC)c1)C1CCN(Cc2ccccc2)CC1. The topological polar surface area (TPSA) is 35.6 Å². The Balaban J connectivity index is 1.58. The number of carbonyl (C=O) groups is 1. The summed E-state index contributed by atoms with van der Waals surface area (Å²) < 4.78 is 0. The van der Waals surface area contributed by atoms with Gasteiger partial charge in [-0.3, -0.25) is 4.90 Å². The minimum Gasteiger partial charge on any atom is -0.321 e. The van der Waals surface area contributed by atoms with Gasteiger partial charge in [-0.25, -0.2) is 4.79 Å². The highest BCUT2D eigenvalue weighted by atomic mass is 32.2. The third-order valence-corrected chi connectivity index (χ3v) is 6.31. The van der Waals surface area contributed by atoms with Gasteiger partial charge in [0.1, 0.15) is 0 Å². The number of carbonyl (C=O) groups excluding carboxylic acids is 1. The summed E-state index contributed by atoms with van der Waals surface area (Å²) in [5.74, 6) is 0. The van der Waals surface area contributed by atoms with E-state index in [1.165, 1.54) is 5.56 Å². The highest BCUT2D eigenvalue weighted by Gasteiger charge is 2.27. The van der Waals surface area contributed by atoms with Gasteiger partial charge < -0.3 is 10.2 Å². The van der Waals surface area contributed by atoms with E-state index in [0.29, 0.717) is 6.04 Å². The molecule has 0 aromatic heterocycles. The Hall–Kier alpha value is -1.98. The van der Waals surface area contributed by atoms with Crippen LogP contribution in [0.3, 0.4) is 0 Å². The molecule has 0 radical (unpaired) electrons. The summed E-state index contributed by atoms with van der Waals surface area (Å²) in [4.78, 5) is 18.8. The minimum atomic E-state index is 0.0400. The van der Waals surface area contributed by atoms with E-state index < -0.39 is 0 Å². The number of piperidine rings is 1.